The first-order chi connectivity index (χ1) is 8.22. The number of amides is 1. The van der Waals surface area contributed by atoms with Crippen molar-refractivity contribution in [1.29, 1.82) is 0 Å². The highest BCUT2D eigenvalue weighted by Gasteiger charge is 2.06. The predicted octanol–water partition coefficient (Wildman–Crippen LogP) is 1.13. The summed E-state index contributed by atoms with van der Waals surface area (Å²) in [7, 11) is 0. The highest BCUT2D eigenvalue weighted by Crippen LogP contribution is 1.96. The van der Waals surface area contributed by atoms with Gasteiger partial charge < -0.3 is 10.6 Å². The van der Waals surface area contributed by atoms with Gasteiger partial charge in [0.15, 0.2) is 0 Å². The lowest BCUT2D eigenvalue weighted by Crippen LogP contribution is -2.34. The minimum atomic E-state index is 0.104. The minimum Gasteiger partial charge on any atom is -0.356 e. The first-order valence-corrected chi connectivity index (χ1v) is 6.11. The molecule has 1 heterocycles. The van der Waals surface area contributed by atoms with Gasteiger partial charge in [-0.15, -0.1) is 0 Å². The van der Waals surface area contributed by atoms with Gasteiger partial charge in [-0.05, 0) is 37.6 Å². The molecule has 17 heavy (non-hydrogen) atoms. The summed E-state index contributed by atoms with van der Waals surface area (Å²) in [6, 6.07) is 4.17. The topological polar surface area (TPSA) is 54.0 Å². The van der Waals surface area contributed by atoms with Crippen molar-refractivity contribution in [3.05, 3.63) is 30.1 Å². The molecule has 0 fully saturated rings. The molecule has 4 nitrogen and oxygen atoms in total. The molecule has 1 atom stereocenters. The fourth-order valence-corrected chi connectivity index (χ4v) is 1.67. The molecule has 2 N–H and O–H groups in total. The van der Waals surface area contributed by atoms with Crippen LogP contribution in [0.1, 0.15) is 25.8 Å². The van der Waals surface area contributed by atoms with Crippen LogP contribution in [0, 0.1) is 0 Å². The van der Waals surface area contributed by atoms with Crippen molar-refractivity contribution in [2.24, 2.45) is 0 Å². The average Bonchev–Trinajstić information content (AvgIpc) is 2.30. The van der Waals surface area contributed by atoms with Gasteiger partial charge in [-0.3, -0.25) is 9.78 Å². The zero-order chi connectivity index (χ0) is 12.5. The van der Waals surface area contributed by atoms with Crippen LogP contribution in [-0.4, -0.2) is 30.0 Å². The van der Waals surface area contributed by atoms with Crippen molar-refractivity contribution in [3.8, 4) is 0 Å². The van der Waals surface area contributed by atoms with E-state index in [1.807, 2.05) is 26.0 Å². The standard InChI is InChI=1S/C13H21N3O/c1-3-15-11(2)10-13(17)16-9-6-12-4-7-14-8-5-12/h4-5,7-8,11,15H,3,6,9-10H2,1-2H3,(H,16,17). The maximum absolute atomic E-state index is 11.6. The van der Waals surface area contributed by atoms with E-state index in [0.717, 1.165) is 13.0 Å². The molecule has 0 aliphatic rings. The van der Waals surface area contributed by atoms with E-state index in [4.69, 9.17) is 0 Å². The van der Waals surface area contributed by atoms with Crippen molar-refractivity contribution in [3.63, 3.8) is 0 Å². The van der Waals surface area contributed by atoms with E-state index >= 15 is 0 Å². The van der Waals surface area contributed by atoms with Crippen molar-refractivity contribution < 1.29 is 4.79 Å². The van der Waals surface area contributed by atoms with Crippen LogP contribution >= 0.6 is 0 Å². The van der Waals surface area contributed by atoms with Gasteiger partial charge in [-0.25, -0.2) is 0 Å². The molecule has 4 heteroatoms. The summed E-state index contributed by atoms with van der Waals surface area (Å²) in [5.41, 5.74) is 1.19. The van der Waals surface area contributed by atoms with E-state index in [1.165, 1.54) is 5.56 Å². The highest BCUT2D eigenvalue weighted by molar-refractivity contribution is 5.76. The van der Waals surface area contributed by atoms with Gasteiger partial charge in [0, 0.05) is 31.4 Å². The van der Waals surface area contributed by atoms with Crippen LogP contribution in [0.3, 0.4) is 0 Å². The Morgan fingerprint density at radius 1 is 1.41 bits per heavy atom. The molecule has 1 aromatic heterocycles. The Morgan fingerprint density at radius 2 is 2.12 bits per heavy atom. The number of hydrogen-bond acceptors (Lipinski definition) is 3. The van der Waals surface area contributed by atoms with E-state index < -0.39 is 0 Å². The highest BCUT2D eigenvalue weighted by atomic mass is 16.1. The first-order valence-electron chi connectivity index (χ1n) is 6.11. The van der Waals surface area contributed by atoms with Crippen LogP contribution in [-0.2, 0) is 11.2 Å². The Hall–Kier alpha value is -1.42. The SMILES string of the molecule is CCNC(C)CC(=O)NCCc1ccncc1. The van der Waals surface area contributed by atoms with E-state index in [9.17, 15) is 4.79 Å². The molecule has 0 aromatic carbocycles. The third kappa shape index (κ3) is 6.02. The molecule has 0 saturated carbocycles. The lowest BCUT2D eigenvalue weighted by molar-refractivity contribution is -0.121. The number of nitrogens with zero attached hydrogens (tertiary/aromatic N) is 1. The summed E-state index contributed by atoms with van der Waals surface area (Å²) in [4.78, 5) is 15.5. The van der Waals surface area contributed by atoms with Crippen molar-refractivity contribution in [2.75, 3.05) is 13.1 Å². The number of rotatable bonds is 7. The number of pyridine rings is 1. The molecule has 0 bridgehead atoms. The Bertz CT molecular complexity index is 327. The van der Waals surface area contributed by atoms with Gasteiger partial charge in [-0.1, -0.05) is 6.92 Å². The van der Waals surface area contributed by atoms with E-state index in [2.05, 4.69) is 15.6 Å². The van der Waals surface area contributed by atoms with Gasteiger partial charge in [0.1, 0.15) is 0 Å². The zero-order valence-electron chi connectivity index (χ0n) is 10.6. The van der Waals surface area contributed by atoms with Gasteiger partial charge in [-0.2, -0.15) is 0 Å². The zero-order valence-corrected chi connectivity index (χ0v) is 10.6. The van der Waals surface area contributed by atoms with Gasteiger partial charge in [0.2, 0.25) is 5.91 Å². The molecule has 94 valence electrons. The fourth-order valence-electron chi connectivity index (χ4n) is 1.67. The van der Waals surface area contributed by atoms with Crippen LogP contribution in [0.5, 0.6) is 0 Å². The Kier molecular flexibility index (Phi) is 6.25. The molecular weight excluding hydrogens is 214 g/mol. The second-order valence-electron chi connectivity index (χ2n) is 4.12. The summed E-state index contributed by atoms with van der Waals surface area (Å²) < 4.78 is 0. The molecular formula is C13H21N3O. The summed E-state index contributed by atoms with van der Waals surface area (Å²) in [5, 5.41) is 6.14. The molecule has 0 radical (unpaired) electrons. The van der Waals surface area contributed by atoms with Gasteiger partial charge in [0.25, 0.3) is 0 Å². The first kappa shape index (κ1) is 13.6. The van der Waals surface area contributed by atoms with Crippen LogP contribution in [0.2, 0.25) is 0 Å². The van der Waals surface area contributed by atoms with Gasteiger partial charge >= 0.3 is 0 Å². The monoisotopic (exact) mass is 235 g/mol. The van der Waals surface area contributed by atoms with Crippen molar-refractivity contribution >= 4 is 5.91 Å². The van der Waals surface area contributed by atoms with Crippen LogP contribution in [0.25, 0.3) is 0 Å². The summed E-state index contributed by atoms with van der Waals surface area (Å²) >= 11 is 0. The lowest BCUT2D eigenvalue weighted by atomic mass is 10.2. The maximum atomic E-state index is 11.6. The number of hydrogen-bond donors (Lipinski definition) is 2. The summed E-state index contributed by atoms with van der Waals surface area (Å²) in [6.07, 6.45) is 4.92. The molecule has 1 aromatic rings. The number of carbonyl (C=O) groups excluding carboxylic acids is 1. The summed E-state index contributed by atoms with van der Waals surface area (Å²) in [5.74, 6) is 0.104. The quantitative estimate of drug-likeness (QED) is 0.745. The largest absolute Gasteiger partial charge is 0.356 e. The molecule has 0 aliphatic carbocycles. The second kappa shape index (κ2) is 7.79. The van der Waals surface area contributed by atoms with Crippen LogP contribution < -0.4 is 10.6 Å². The Balaban J connectivity index is 2.16. The van der Waals surface area contributed by atoms with Crippen molar-refractivity contribution in [2.45, 2.75) is 32.7 Å². The Labute approximate surface area is 103 Å². The molecule has 1 amide bonds. The third-order valence-electron chi connectivity index (χ3n) is 2.53. The molecule has 0 aliphatic heterocycles. The smallest absolute Gasteiger partial charge is 0.221 e. The van der Waals surface area contributed by atoms with Crippen LogP contribution in [0.4, 0.5) is 0 Å². The average molecular weight is 235 g/mol. The number of carbonyl (C=O) groups is 1. The minimum absolute atomic E-state index is 0.104. The second-order valence-corrected chi connectivity index (χ2v) is 4.12. The van der Waals surface area contributed by atoms with Gasteiger partial charge in [0.05, 0.1) is 0 Å². The molecule has 1 rings (SSSR count). The maximum Gasteiger partial charge on any atom is 0.221 e. The molecule has 0 spiro atoms. The Morgan fingerprint density at radius 3 is 2.76 bits per heavy atom. The van der Waals surface area contributed by atoms with E-state index in [1.54, 1.807) is 12.4 Å². The van der Waals surface area contributed by atoms with E-state index in [0.29, 0.717) is 13.0 Å². The lowest BCUT2D eigenvalue weighted by Gasteiger charge is -2.12. The van der Waals surface area contributed by atoms with E-state index in [-0.39, 0.29) is 11.9 Å². The summed E-state index contributed by atoms with van der Waals surface area (Å²) in [6.45, 7) is 5.64. The molecule has 0 saturated heterocycles. The fraction of sp³-hybridized carbons (Fsp3) is 0.538. The third-order valence-corrected chi connectivity index (χ3v) is 2.53. The predicted molar refractivity (Wildman–Crippen MR) is 68.7 cm³/mol. The normalized spacial score (nSPS) is 12.1. The van der Waals surface area contributed by atoms with Crippen LogP contribution in [0.15, 0.2) is 24.5 Å². The van der Waals surface area contributed by atoms with Crippen molar-refractivity contribution in [1.82, 2.24) is 15.6 Å². The number of nitrogens with one attached hydrogen (secondary N) is 2. The molecule has 1 unspecified atom stereocenters. The number of aromatic nitrogens is 1.